The summed E-state index contributed by atoms with van der Waals surface area (Å²) in [7, 11) is 1.59. The molecule has 7 nitrogen and oxygen atoms in total. The molecule has 0 spiro atoms. The van der Waals surface area contributed by atoms with Gasteiger partial charge in [0.25, 0.3) is 11.8 Å². The molecule has 0 radical (unpaired) electrons. The van der Waals surface area contributed by atoms with Crippen LogP contribution in [0.2, 0.25) is 0 Å². The Balaban J connectivity index is 1.60. The van der Waals surface area contributed by atoms with E-state index in [2.05, 4.69) is 15.0 Å². The second-order valence-electron chi connectivity index (χ2n) is 6.91. The fourth-order valence-corrected chi connectivity index (χ4v) is 3.52. The van der Waals surface area contributed by atoms with Crippen LogP contribution in [-0.4, -0.2) is 23.3 Å². The Hall–Kier alpha value is -3.39. The molecule has 0 unspecified atom stereocenters. The van der Waals surface area contributed by atoms with Crippen molar-refractivity contribution in [2.75, 3.05) is 12.8 Å². The van der Waals surface area contributed by atoms with Crippen LogP contribution in [0.3, 0.4) is 0 Å². The second-order valence-corrected chi connectivity index (χ2v) is 7.68. The lowest BCUT2D eigenvalue weighted by atomic mass is 10.1. The average molecular weight is 425 g/mol. The number of amides is 2. The molecule has 1 aromatic heterocycles. The zero-order chi connectivity index (χ0) is 21.7. The highest BCUT2D eigenvalue weighted by Crippen LogP contribution is 2.22. The van der Waals surface area contributed by atoms with Gasteiger partial charge in [-0.1, -0.05) is 30.3 Å². The van der Waals surface area contributed by atoms with Gasteiger partial charge >= 0.3 is 0 Å². The van der Waals surface area contributed by atoms with Crippen LogP contribution >= 0.6 is 11.5 Å². The zero-order valence-electron chi connectivity index (χ0n) is 17.1. The third-order valence-corrected chi connectivity index (χ3v) is 5.65. The predicted octanol–water partition coefficient (Wildman–Crippen LogP) is 3.21. The van der Waals surface area contributed by atoms with E-state index in [1.165, 1.54) is 5.56 Å². The first-order valence-corrected chi connectivity index (χ1v) is 10.2. The normalized spacial score (nSPS) is 10.5. The molecule has 8 heteroatoms. The van der Waals surface area contributed by atoms with Crippen molar-refractivity contribution in [1.82, 2.24) is 15.0 Å². The van der Waals surface area contributed by atoms with Crippen LogP contribution in [0.5, 0.6) is 5.75 Å². The Labute approximate surface area is 179 Å². The lowest BCUT2D eigenvalue weighted by molar-refractivity contribution is 0.0946. The molecule has 0 saturated carbocycles. The summed E-state index contributed by atoms with van der Waals surface area (Å²) in [5, 5.41) is 5.60. The molecule has 2 aromatic carbocycles. The van der Waals surface area contributed by atoms with Gasteiger partial charge in [-0.3, -0.25) is 9.59 Å². The van der Waals surface area contributed by atoms with Gasteiger partial charge in [-0.05, 0) is 59.8 Å². The summed E-state index contributed by atoms with van der Waals surface area (Å²) >= 11 is 0.916. The van der Waals surface area contributed by atoms with Gasteiger partial charge in [0.2, 0.25) is 0 Å². The van der Waals surface area contributed by atoms with Gasteiger partial charge in [-0.25, -0.2) is 0 Å². The van der Waals surface area contributed by atoms with Crippen LogP contribution in [0.1, 0.15) is 42.4 Å². The van der Waals surface area contributed by atoms with E-state index in [9.17, 15) is 9.59 Å². The minimum absolute atomic E-state index is 0.0600. The van der Waals surface area contributed by atoms with Crippen LogP contribution in [0.25, 0.3) is 0 Å². The molecule has 0 atom stereocenters. The number of ether oxygens (including phenoxy) is 1. The number of aromatic nitrogens is 1. The third-order valence-electron chi connectivity index (χ3n) is 4.79. The fourth-order valence-electron chi connectivity index (χ4n) is 2.81. The van der Waals surface area contributed by atoms with E-state index in [0.717, 1.165) is 34.0 Å². The third kappa shape index (κ3) is 4.96. The predicted molar refractivity (Wildman–Crippen MR) is 118 cm³/mol. The Bertz CT molecular complexity index is 1060. The summed E-state index contributed by atoms with van der Waals surface area (Å²) in [4.78, 5) is 25.2. The number of nitrogens with zero attached hydrogens (tertiary/aromatic N) is 1. The van der Waals surface area contributed by atoms with Gasteiger partial charge in [-0.2, -0.15) is 4.37 Å². The quantitative estimate of drug-likeness (QED) is 0.540. The minimum atomic E-state index is -0.423. The van der Waals surface area contributed by atoms with Crippen LogP contribution in [0.15, 0.2) is 42.5 Å². The molecule has 3 rings (SSSR count). The molecular formula is C22H24N4O3S. The van der Waals surface area contributed by atoms with Crippen LogP contribution in [0.4, 0.5) is 5.69 Å². The standard InChI is InChI=1S/C22H24N4O3S/c1-13-4-5-16(10-14(13)2)12-25-22(28)20-18(23)19(26-30-20)21(27)24-11-15-6-8-17(29-3)9-7-15/h4-10H,11-12,23H2,1-3H3,(H,24,27)(H,25,28). The first-order valence-electron chi connectivity index (χ1n) is 9.39. The van der Waals surface area contributed by atoms with E-state index >= 15 is 0 Å². The van der Waals surface area contributed by atoms with E-state index in [0.29, 0.717) is 13.1 Å². The molecule has 0 bridgehead atoms. The first-order chi connectivity index (χ1) is 14.4. The molecule has 156 valence electrons. The van der Waals surface area contributed by atoms with E-state index < -0.39 is 5.91 Å². The number of nitrogens with one attached hydrogen (secondary N) is 2. The number of rotatable bonds is 7. The summed E-state index contributed by atoms with van der Waals surface area (Å²) < 4.78 is 9.19. The lowest BCUT2D eigenvalue weighted by Crippen LogP contribution is -2.25. The Morgan fingerprint density at radius 1 is 0.967 bits per heavy atom. The van der Waals surface area contributed by atoms with E-state index in [1.54, 1.807) is 7.11 Å². The van der Waals surface area contributed by atoms with Gasteiger partial charge in [0.05, 0.1) is 12.8 Å². The molecule has 4 N–H and O–H groups in total. The molecule has 0 aliphatic carbocycles. The van der Waals surface area contributed by atoms with Crippen molar-refractivity contribution < 1.29 is 14.3 Å². The lowest BCUT2D eigenvalue weighted by Gasteiger charge is -2.07. The minimum Gasteiger partial charge on any atom is -0.497 e. The van der Waals surface area contributed by atoms with Crippen molar-refractivity contribution in [1.29, 1.82) is 0 Å². The molecule has 30 heavy (non-hydrogen) atoms. The molecule has 0 saturated heterocycles. The zero-order valence-corrected chi connectivity index (χ0v) is 17.9. The number of carbonyl (C=O) groups is 2. The van der Waals surface area contributed by atoms with Crippen LogP contribution in [0, 0.1) is 13.8 Å². The molecule has 0 fully saturated rings. The molecule has 0 aliphatic rings. The van der Waals surface area contributed by atoms with Crippen molar-refractivity contribution in [2.45, 2.75) is 26.9 Å². The summed E-state index contributed by atoms with van der Waals surface area (Å²) in [5.74, 6) is -0.0320. The number of carbonyl (C=O) groups excluding carboxylic acids is 2. The molecular weight excluding hydrogens is 400 g/mol. The number of benzene rings is 2. The van der Waals surface area contributed by atoms with Crippen molar-refractivity contribution >= 4 is 29.0 Å². The number of anilines is 1. The topological polar surface area (TPSA) is 106 Å². The van der Waals surface area contributed by atoms with Gasteiger partial charge in [-0.15, -0.1) is 0 Å². The highest BCUT2D eigenvalue weighted by Gasteiger charge is 2.22. The molecule has 3 aromatic rings. The monoisotopic (exact) mass is 424 g/mol. The van der Waals surface area contributed by atoms with Crippen LogP contribution < -0.4 is 21.1 Å². The van der Waals surface area contributed by atoms with E-state index in [1.807, 2.05) is 56.3 Å². The number of aryl methyl sites for hydroxylation is 2. The maximum Gasteiger partial charge on any atom is 0.273 e. The number of nitrogens with two attached hydrogens (primary N) is 1. The number of hydrogen-bond donors (Lipinski definition) is 3. The molecule has 0 aliphatic heterocycles. The fraction of sp³-hybridized carbons (Fsp3) is 0.227. The van der Waals surface area contributed by atoms with Gasteiger partial charge < -0.3 is 21.1 Å². The van der Waals surface area contributed by atoms with Gasteiger partial charge in [0.1, 0.15) is 10.6 Å². The molecule has 2 amide bonds. The van der Waals surface area contributed by atoms with Crippen molar-refractivity contribution in [2.24, 2.45) is 0 Å². The highest BCUT2D eigenvalue weighted by atomic mass is 32.1. The van der Waals surface area contributed by atoms with Crippen molar-refractivity contribution in [3.05, 3.63) is 75.3 Å². The molecule has 1 heterocycles. The van der Waals surface area contributed by atoms with Crippen molar-refractivity contribution in [3.8, 4) is 5.75 Å². The summed E-state index contributed by atoms with van der Waals surface area (Å²) in [6.45, 7) is 4.75. The van der Waals surface area contributed by atoms with Gasteiger partial charge in [0, 0.05) is 13.1 Å². The number of nitrogen functional groups attached to an aromatic ring is 1. The SMILES string of the molecule is COc1ccc(CNC(=O)c2nsc(C(=O)NCc3ccc(C)c(C)c3)c2N)cc1. The number of methoxy groups -OCH3 is 1. The summed E-state index contributed by atoms with van der Waals surface area (Å²) in [5.41, 5.74) is 10.4. The smallest absolute Gasteiger partial charge is 0.273 e. The maximum absolute atomic E-state index is 12.5. The maximum atomic E-state index is 12.5. The Morgan fingerprint density at radius 2 is 1.60 bits per heavy atom. The van der Waals surface area contributed by atoms with E-state index in [-0.39, 0.29) is 22.2 Å². The van der Waals surface area contributed by atoms with E-state index in [4.69, 9.17) is 10.5 Å². The summed E-state index contributed by atoms with van der Waals surface area (Å²) in [6.07, 6.45) is 0. The van der Waals surface area contributed by atoms with Crippen molar-refractivity contribution in [3.63, 3.8) is 0 Å². The Morgan fingerprint density at radius 3 is 2.27 bits per heavy atom. The largest absolute Gasteiger partial charge is 0.497 e. The van der Waals surface area contributed by atoms with Gasteiger partial charge in [0.15, 0.2) is 5.69 Å². The first kappa shape index (κ1) is 21.3. The summed E-state index contributed by atoms with van der Waals surface area (Å²) in [6, 6.07) is 13.4. The highest BCUT2D eigenvalue weighted by molar-refractivity contribution is 7.09. The van der Waals surface area contributed by atoms with Crippen LogP contribution in [-0.2, 0) is 13.1 Å². The number of hydrogen-bond acceptors (Lipinski definition) is 6. The average Bonchev–Trinajstić information content (AvgIpc) is 3.14. The second kappa shape index (κ2) is 9.41. The Kier molecular flexibility index (Phi) is 6.68.